The van der Waals surface area contributed by atoms with E-state index in [9.17, 15) is 0 Å². The molecule has 0 spiro atoms. The van der Waals surface area contributed by atoms with Gasteiger partial charge in [0.25, 0.3) is 0 Å². The summed E-state index contributed by atoms with van der Waals surface area (Å²) in [6.07, 6.45) is 1.59. The van der Waals surface area contributed by atoms with E-state index >= 15 is 8.78 Å². The zero-order chi connectivity index (χ0) is 42.7. The van der Waals surface area contributed by atoms with Crippen molar-refractivity contribution in [2.75, 3.05) is 9.80 Å². The van der Waals surface area contributed by atoms with E-state index in [1.807, 2.05) is 114 Å². The highest BCUT2D eigenvalue weighted by atomic mass is 19.1. The van der Waals surface area contributed by atoms with Gasteiger partial charge in [-0.2, -0.15) is 0 Å². The van der Waals surface area contributed by atoms with Gasteiger partial charge in [0.2, 0.25) is 0 Å². The van der Waals surface area contributed by atoms with Crippen LogP contribution < -0.4 is 9.80 Å². The summed E-state index contributed by atoms with van der Waals surface area (Å²) in [5, 5.41) is 8.97. The van der Waals surface area contributed by atoms with Crippen LogP contribution in [-0.4, -0.2) is 0 Å². The van der Waals surface area contributed by atoms with E-state index in [1.165, 1.54) is 5.56 Å². The van der Waals surface area contributed by atoms with Crippen LogP contribution in [0.1, 0.15) is 11.1 Å². The van der Waals surface area contributed by atoms with Crippen molar-refractivity contribution in [2.45, 2.75) is 12.8 Å². The zero-order valence-electron chi connectivity index (χ0n) is 34.8. The number of para-hydroxylation sites is 2. The maximum atomic E-state index is 16.9. The van der Waals surface area contributed by atoms with Gasteiger partial charge in [-0.3, -0.25) is 0 Å². The maximum absolute atomic E-state index is 16.9. The maximum Gasteiger partial charge on any atom is 0.147 e. The van der Waals surface area contributed by atoms with E-state index in [0.29, 0.717) is 11.4 Å². The van der Waals surface area contributed by atoms with Crippen LogP contribution in [0.3, 0.4) is 0 Å². The van der Waals surface area contributed by atoms with Crippen LogP contribution in [0.5, 0.6) is 0 Å². The number of fused-ring (bicyclic) bond motifs is 2. The Bertz CT molecular complexity index is 3600. The summed E-state index contributed by atoms with van der Waals surface area (Å²) in [7, 11) is 0. The molecule has 0 saturated heterocycles. The van der Waals surface area contributed by atoms with Gasteiger partial charge in [0.1, 0.15) is 11.6 Å². The van der Waals surface area contributed by atoms with Crippen LogP contribution in [0, 0.1) is 11.6 Å². The summed E-state index contributed by atoms with van der Waals surface area (Å²) in [6, 6.07) is 73.3. The Morgan fingerprint density at radius 1 is 0.312 bits per heavy atom. The number of benzene rings is 11. The first-order valence-electron chi connectivity index (χ1n) is 21.8. The monoisotopic (exact) mass is 826 g/mol. The normalized spacial score (nSPS) is 12.1. The Hall–Kier alpha value is -8.08. The topological polar surface area (TPSA) is 6.48 Å². The Morgan fingerprint density at radius 2 is 0.750 bits per heavy atom. The summed E-state index contributed by atoms with van der Waals surface area (Å²) in [5.41, 5.74) is 10.5. The molecule has 0 saturated carbocycles. The molecule has 0 N–H and O–H groups in total. The van der Waals surface area contributed by atoms with E-state index in [0.717, 1.165) is 106 Å². The lowest BCUT2D eigenvalue weighted by molar-refractivity contribution is 0.629. The summed E-state index contributed by atoms with van der Waals surface area (Å²) in [4.78, 5) is 4.12. The molecular formula is C60H40F2N2. The lowest BCUT2D eigenvalue weighted by Gasteiger charge is -2.32. The molecule has 304 valence electrons. The molecule has 11 aromatic rings. The van der Waals surface area contributed by atoms with Gasteiger partial charge in [-0.25, -0.2) is 8.78 Å². The third kappa shape index (κ3) is 6.37. The molecule has 0 aromatic heterocycles. The quantitative estimate of drug-likeness (QED) is 0.141. The van der Waals surface area contributed by atoms with Gasteiger partial charge >= 0.3 is 0 Å². The van der Waals surface area contributed by atoms with Gasteiger partial charge < -0.3 is 9.80 Å². The SMILES string of the molecule is Fc1cc(-c2ccc3ccccc3c2)ccc1N(c1ccccc1)c1ccc2ccc3c(N(c4ccccc4)c4ccc(-c5ccc6ccccc6c5)cc4F)ccc4c3c2c1CC4. The van der Waals surface area contributed by atoms with E-state index < -0.39 is 0 Å². The second-order valence-electron chi connectivity index (χ2n) is 16.7. The minimum absolute atomic E-state index is 0.300. The molecule has 0 amide bonds. The minimum Gasteiger partial charge on any atom is -0.307 e. The highest BCUT2D eigenvalue weighted by Crippen LogP contribution is 2.49. The van der Waals surface area contributed by atoms with Crippen molar-refractivity contribution in [1.29, 1.82) is 0 Å². The first kappa shape index (κ1) is 37.7. The van der Waals surface area contributed by atoms with Crippen molar-refractivity contribution >= 4 is 77.2 Å². The molecule has 1 aliphatic carbocycles. The Kier molecular flexibility index (Phi) is 9.05. The summed E-state index contributed by atoms with van der Waals surface area (Å²) < 4.78 is 33.8. The number of nitrogens with zero attached hydrogens (tertiary/aromatic N) is 2. The third-order valence-electron chi connectivity index (χ3n) is 13.0. The number of hydrogen-bond donors (Lipinski definition) is 0. The largest absolute Gasteiger partial charge is 0.307 e. The van der Waals surface area contributed by atoms with E-state index in [1.54, 1.807) is 12.1 Å². The molecule has 0 bridgehead atoms. The zero-order valence-corrected chi connectivity index (χ0v) is 34.8. The number of hydrogen-bond acceptors (Lipinski definition) is 2. The van der Waals surface area contributed by atoms with Crippen LogP contribution >= 0.6 is 0 Å². The van der Waals surface area contributed by atoms with Gasteiger partial charge in [0.05, 0.1) is 22.7 Å². The molecule has 0 unspecified atom stereocenters. The average Bonchev–Trinajstić information content (AvgIpc) is 3.35. The molecule has 11 aromatic carbocycles. The predicted molar refractivity (Wildman–Crippen MR) is 264 cm³/mol. The molecule has 4 heteroatoms. The van der Waals surface area contributed by atoms with Gasteiger partial charge in [0.15, 0.2) is 0 Å². The van der Waals surface area contributed by atoms with Gasteiger partial charge in [-0.1, -0.05) is 146 Å². The van der Waals surface area contributed by atoms with Crippen molar-refractivity contribution in [3.05, 3.63) is 241 Å². The number of rotatable bonds is 8. The standard InChI is InChI=1S/C60H40F2N2/c61-53-37-47(45-21-19-39-11-7-9-13-43(39)35-45)27-33-57(53)63(49-15-3-1-4-16-49)55-31-25-41-24-30-52-56(32-26-42-23-29-51(55)59(41)60(42)52)64(50-17-5-2-6-18-50)58-34-28-48(38-54(58)62)46-22-20-40-12-8-10-14-44(40)36-46/h1-23,25-29,31-38H,24,30H2. The van der Waals surface area contributed by atoms with Crippen LogP contribution in [0.4, 0.5) is 42.9 Å². The van der Waals surface area contributed by atoms with Gasteiger partial charge in [0, 0.05) is 16.8 Å². The van der Waals surface area contributed by atoms with Crippen molar-refractivity contribution in [2.24, 2.45) is 0 Å². The van der Waals surface area contributed by atoms with E-state index in [2.05, 4.69) is 102 Å². The molecule has 0 heterocycles. The molecule has 1 aliphatic rings. The molecule has 0 aliphatic heterocycles. The molecule has 2 nitrogen and oxygen atoms in total. The number of aryl methyl sites for hydroxylation is 2. The highest BCUT2D eigenvalue weighted by molar-refractivity contribution is 6.17. The minimum atomic E-state index is -0.310. The van der Waals surface area contributed by atoms with Crippen LogP contribution in [0.25, 0.3) is 65.3 Å². The lowest BCUT2D eigenvalue weighted by Crippen LogP contribution is -2.16. The van der Waals surface area contributed by atoms with Crippen molar-refractivity contribution < 1.29 is 8.78 Å². The molecule has 64 heavy (non-hydrogen) atoms. The number of anilines is 6. The highest BCUT2D eigenvalue weighted by Gasteiger charge is 2.27. The smallest absolute Gasteiger partial charge is 0.147 e. The van der Waals surface area contributed by atoms with Crippen molar-refractivity contribution in [3.8, 4) is 22.3 Å². The second kappa shape index (κ2) is 15.4. The molecule has 0 radical (unpaired) electrons. The van der Waals surface area contributed by atoms with Gasteiger partial charge in [-0.15, -0.1) is 0 Å². The molecule has 0 atom stereocenters. The molecule has 12 rings (SSSR count). The van der Waals surface area contributed by atoms with E-state index in [-0.39, 0.29) is 11.6 Å². The Morgan fingerprint density at radius 3 is 1.31 bits per heavy atom. The second-order valence-corrected chi connectivity index (χ2v) is 16.7. The molecular weight excluding hydrogens is 787 g/mol. The van der Waals surface area contributed by atoms with Crippen LogP contribution in [0.2, 0.25) is 0 Å². The van der Waals surface area contributed by atoms with Crippen molar-refractivity contribution in [3.63, 3.8) is 0 Å². The number of halogens is 2. The summed E-state index contributed by atoms with van der Waals surface area (Å²) in [5.74, 6) is -0.611. The predicted octanol–water partition coefficient (Wildman–Crippen LogP) is 16.9. The Balaban J connectivity index is 1.01. The van der Waals surface area contributed by atoms with Crippen molar-refractivity contribution in [1.82, 2.24) is 0 Å². The first-order chi connectivity index (χ1) is 31.6. The molecule has 0 fully saturated rings. The lowest BCUT2D eigenvalue weighted by atomic mass is 9.84. The van der Waals surface area contributed by atoms with E-state index in [4.69, 9.17) is 0 Å². The summed E-state index contributed by atoms with van der Waals surface area (Å²) >= 11 is 0. The van der Waals surface area contributed by atoms with Crippen LogP contribution in [0.15, 0.2) is 218 Å². The first-order valence-corrected chi connectivity index (χ1v) is 21.8. The third-order valence-corrected chi connectivity index (χ3v) is 13.0. The fraction of sp³-hybridized carbons (Fsp3) is 0.0333. The Labute approximate surface area is 370 Å². The van der Waals surface area contributed by atoms with Gasteiger partial charge in [-0.05, 0) is 157 Å². The average molecular weight is 827 g/mol. The summed E-state index contributed by atoms with van der Waals surface area (Å²) in [6.45, 7) is 0. The fourth-order valence-electron chi connectivity index (χ4n) is 9.95. The van der Waals surface area contributed by atoms with Crippen LogP contribution in [-0.2, 0) is 12.8 Å². The fourth-order valence-corrected chi connectivity index (χ4v) is 9.95.